The fourth-order valence-electron chi connectivity index (χ4n) is 1.49. The number of nitriles is 1. The van der Waals surface area contributed by atoms with Crippen LogP contribution in [0.15, 0.2) is 23.1 Å². The zero-order valence-corrected chi connectivity index (χ0v) is 11.4. The number of nitro groups is 1. The Kier molecular flexibility index (Phi) is 5.12. The van der Waals surface area contributed by atoms with Gasteiger partial charge in [-0.3, -0.25) is 10.1 Å². The second-order valence-electron chi connectivity index (χ2n) is 3.96. The summed E-state index contributed by atoms with van der Waals surface area (Å²) in [5.41, 5.74) is -0.933. The fourth-order valence-corrected chi connectivity index (χ4v) is 2.69. The first-order valence-electron chi connectivity index (χ1n) is 5.67. The van der Waals surface area contributed by atoms with Crippen LogP contribution in [0.2, 0.25) is 0 Å². The average Bonchev–Trinajstić information content (AvgIpc) is 2.37. The number of hydrogen-bond acceptors (Lipinski definition) is 5. The van der Waals surface area contributed by atoms with Gasteiger partial charge in [0, 0.05) is 6.07 Å². The number of benzene rings is 1. The Morgan fingerprint density at radius 2 is 2.20 bits per heavy atom. The molecule has 0 spiro atoms. The van der Waals surface area contributed by atoms with Gasteiger partial charge in [0.1, 0.15) is 6.04 Å². The maximum atomic E-state index is 13.1. The molecule has 1 N–H and O–H groups in total. The van der Waals surface area contributed by atoms with E-state index in [4.69, 9.17) is 5.26 Å². The summed E-state index contributed by atoms with van der Waals surface area (Å²) >= 11 is 0. The molecule has 1 aromatic carbocycles. The van der Waals surface area contributed by atoms with Gasteiger partial charge in [0.05, 0.1) is 15.9 Å². The standard InChI is InChI=1S/C11H12FN3O4S/c1-2-3-8(7-13)14-20(18,19)9-4-5-10(12)11(6-9)15(16)17/h4-6,8,14H,2-3H2,1H3. The zero-order chi connectivity index (χ0) is 15.3. The van der Waals surface area contributed by atoms with Gasteiger partial charge in [-0.1, -0.05) is 13.3 Å². The molecule has 0 fully saturated rings. The molecule has 0 heterocycles. The van der Waals surface area contributed by atoms with Crippen molar-refractivity contribution in [1.29, 1.82) is 5.26 Å². The molecule has 108 valence electrons. The van der Waals surface area contributed by atoms with E-state index >= 15 is 0 Å². The molecule has 1 aromatic rings. The summed E-state index contributed by atoms with van der Waals surface area (Å²) in [6, 6.07) is 3.08. The van der Waals surface area contributed by atoms with Crippen molar-refractivity contribution in [2.24, 2.45) is 0 Å². The van der Waals surface area contributed by atoms with Crippen LogP contribution in [-0.4, -0.2) is 19.4 Å². The molecule has 20 heavy (non-hydrogen) atoms. The van der Waals surface area contributed by atoms with Crippen LogP contribution in [-0.2, 0) is 10.0 Å². The molecule has 0 aliphatic rings. The molecule has 0 aromatic heterocycles. The Hall–Kier alpha value is -2.05. The highest BCUT2D eigenvalue weighted by Gasteiger charge is 2.23. The molecular formula is C11H12FN3O4S. The van der Waals surface area contributed by atoms with Gasteiger partial charge in [0.2, 0.25) is 15.8 Å². The van der Waals surface area contributed by atoms with E-state index in [1.165, 1.54) is 0 Å². The first-order chi connectivity index (χ1) is 9.31. The molecule has 0 saturated heterocycles. The quantitative estimate of drug-likeness (QED) is 0.634. The Bertz CT molecular complexity index is 654. The van der Waals surface area contributed by atoms with Crippen molar-refractivity contribution in [3.63, 3.8) is 0 Å². The van der Waals surface area contributed by atoms with Gasteiger partial charge in [0.25, 0.3) is 0 Å². The van der Waals surface area contributed by atoms with E-state index in [9.17, 15) is 22.9 Å². The molecule has 0 aliphatic carbocycles. The smallest absolute Gasteiger partial charge is 0.258 e. The van der Waals surface area contributed by atoms with Gasteiger partial charge < -0.3 is 0 Å². The van der Waals surface area contributed by atoms with Crippen LogP contribution in [0, 0.1) is 27.3 Å². The van der Waals surface area contributed by atoms with Crippen LogP contribution in [0.4, 0.5) is 10.1 Å². The van der Waals surface area contributed by atoms with Crippen molar-refractivity contribution in [3.8, 4) is 6.07 Å². The van der Waals surface area contributed by atoms with Gasteiger partial charge in [-0.05, 0) is 18.6 Å². The largest absolute Gasteiger partial charge is 0.306 e. The predicted molar refractivity (Wildman–Crippen MR) is 67.7 cm³/mol. The number of rotatable bonds is 6. The molecular weight excluding hydrogens is 289 g/mol. The fraction of sp³-hybridized carbons (Fsp3) is 0.364. The Balaban J connectivity index is 3.13. The SMILES string of the molecule is CCCC(C#N)NS(=O)(=O)c1ccc(F)c([N+](=O)[O-])c1. The minimum atomic E-state index is -4.11. The topological polar surface area (TPSA) is 113 Å². The van der Waals surface area contributed by atoms with Crippen LogP contribution >= 0.6 is 0 Å². The molecule has 0 bridgehead atoms. The minimum Gasteiger partial charge on any atom is -0.258 e. The number of nitro benzene ring substituents is 1. The van der Waals surface area contributed by atoms with Crippen LogP contribution in [0.5, 0.6) is 0 Å². The lowest BCUT2D eigenvalue weighted by Gasteiger charge is -2.11. The van der Waals surface area contributed by atoms with Gasteiger partial charge in [0.15, 0.2) is 0 Å². The number of nitrogens with one attached hydrogen (secondary N) is 1. The van der Waals surface area contributed by atoms with E-state index in [1.54, 1.807) is 13.0 Å². The van der Waals surface area contributed by atoms with Gasteiger partial charge in [-0.25, -0.2) is 8.42 Å². The number of halogens is 1. The number of nitrogens with zero attached hydrogens (tertiary/aromatic N) is 2. The Labute approximate surface area is 115 Å². The van der Waals surface area contributed by atoms with E-state index < -0.39 is 37.4 Å². The summed E-state index contributed by atoms with van der Waals surface area (Å²) in [6.45, 7) is 1.78. The lowest BCUT2D eigenvalue weighted by atomic mass is 10.2. The first-order valence-corrected chi connectivity index (χ1v) is 7.16. The maximum Gasteiger partial charge on any atom is 0.306 e. The van der Waals surface area contributed by atoms with Crippen molar-refractivity contribution >= 4 is 15.7 Å². The van der Waals surface area contributed by atoms with E-state index in [0.717, 1.165) is 6.07 Å². The third-order valence-corrected chi connectivity index (χ3v) is 3.92. The third kappa shape index (κ3) is 3.72. The van der Waals surface area contributed by atoms with Crippen LogP contribution in [0.3, 0.4) is 0 Å². The number of hydrogen-bond donors (Lipinski definition) is 1. The van der Waals surface area contributed by atoms with Crippen molar-refractivity contribution in [3.05, 3.63) is 34.1 Å². The highest BCUT2D eigenvalue weighted by Crippen LogP contribution is 2.21. The van der Waals surface area contributed by atoms with Gasteiger partial charge >= 0.3 is 5.69 Å². The van der Waals surface area contributed by atoms with E-state index in [1.807, 2.05) is 0 Å². The Morgan fingerprint density at radius 1 is 1.55 bits per heavy atom. The van der Waals surface area contributed by atoms with Gasteiger partial charge in [-0.2, -0.15) is 14.4 Å². The third-order valence-electron chi connectivity index (χ3n) is 2.46. The van der Waals surface area contributed by atoms with Crippen LogP contribution in [0.25, 0.3) is 0 Å². The van der Waals surface area contributed by atoms with Crippen molar-refractivity contribution in [2.45, 2.75) is 30.7 Å². The average molecular weight is 301 g/mol. The molecule has 1 atom stereocenters. The summed E-state index contributed by atoms with van der Waals surface area (Å²) in [5, 5.41) is 19.4. The summed E-state index contributed by atoms with van der Waals surface area (Å²) in [4.78, 5) is 9.11. The molecule has 7 nitrogen and oxygen atoms in total. The molecule has 0 radical (unpaired) electrons. The van der Waals surface area contributed by atoms with Crippen molar-refractivity contribution in [1.82, 2.24) is 4.72 Å². The molecule has 1 unspecified atom stereocenters. The van der Waals surface area contributed by atoms with Crippen molar-refractivity contribution in [2.75, 3.05) is 0 Å². The zero-order valence-electron chi connectivity index (χ0n) is 10.5. The first kappa shape index (κ1) is 16.0. The molecule has 0 amide bonds. The normalized spacial score (nSPS) is 12.7. The summed E-state index contributed by atoms with van der Waals surface area (Å²) in [5.74, 6) is -1.13. The summed E-state index contributed by atoms with van der Waals surface area (Å²) in [7, 11) is -4.11. The minimum absolute atomic E-state index is 0.305. The molecule has 0 aliphatic heterocycles. The van der Waals surface area contributed by atoms with E-state index in [-0.39, 0.29) is 0 Å². The van der Waals surface area contributed by atoms with E-state index in [0.29, 0.717) is 25.0 Å². The Morgan fingerprint density at radius 3 is 2.70 bits per heavy atom. The van der Waals surface area contributed by atoms with Gasteiger partial charge in [-0.15, -0.1) is 0 Å². The van der Waals surface area contributed by atoms with E-state index in [2.05, 4.69) is 4.72 Å². The van der Waals surface area contributed by atoms with Crippen molar-refractivity contribution < 1.29 is 17.7 Å². The lowest BCUT2D eigenvalue weighted by Crippen LogP contribution is -2.33. The number of sulfonamides is 1. The molecule has 0 saturated carbocycles. The summed E-state index contributed by atoms with van der Waals surface area (Å²) < 4.78 is 39.2. The van der Waals surface area contributed by atoms with Crippen LogP contribution < -0.4 is 4.72 Å². The second-order valence-corrected chi connectivity index (χ2v) is 5.68. The predicted octanol–water partition coefficient (Wildman–Crippen LogP) is 1.70. The highest BCUT2D eigenvalue weighted by atomic mass is 32.2. The highest BCUT2D eigenvalue weighted by molar-refractivity contribution is 7.89. The van der Waals surface area contributed by atoms with Crippen LogP contribution in [0.1, 0.15) is 19.8 Å². The molecule has 1 rings (SSSR count). The molecule has 9 heteroatoms. The lowest BCUT2D eigenvalue weighted by molar-refractivity contribution is -0.387. The maximum absolute atomic E-state index is 13.1. The second kappa shape index (κ2) is 6.40. The monoisotopic (exact) mass is 301 g/mol. The summed E-state index contributed by atoms with van der Waals surface area (Å²) in [6.07, 6.45) is 0.892.